The highest BCUT2D eigenvalue weighted by Gasteiger charge is 2.31. The SMILES string of the molecule is COc1ccc(CN2CCN(C3CSCCSC3)C[C@@H]2CCO)cc1C. The second-order valence-corrected chi connectivity index (χ2v) is 9.54. The summed E-state index contributed by atoms with van der Waals surface area (Å²) < 4.78 is 5.38. The van der Waals surface area contributed by atoms with Crippen LogP contribution in [0.5, 0.6) is 5.75 Å². The second-order valence-electron chi connectivity index (χ2n) is 7.24. The summed E-state index contributed by atoms with van der Waals surface area (Å²) in [6.07, 6.45) is 0.860. The van der Waals surface area contributed by atoms with Crippen LogP contribution >= 0.6 is 23.5 Å². The van der Waals surface area contributed by atoms with E-state index in [1.807, 2.05) is 0 Å². The Labute approximate surface area is 166 Å². The minimum Gasteiger partial charge on any atom is -0.496 e. The van der Waals surface area contributed by atoms with E-state index in [2.05, 4.69) is 58.4 Å². The van der Waals surface area contributed by atoms with Crippen molar-refractivity contribution in [3.63, 3.8) is 0 Å². The molecule has 2 aliphatic heterocycles. The lowest BCUT2D eigenvalue weighted by Gasteiger charge is -2.44. The van der Waals surface area contributed by atoms with Crippen molar-refractivity contribution >= 4 is 23.5 Å². The zero-order chi connectivity index (χ0) is 18.4. The fraction of sp³-hybridized carbons (Fsp3) is 0.700. The van der Waals surface area contributed by atoms with Gasteiger partial charge in [0.2, 0.25) is 0 Å². The molecule has 0 saturated carbocycles. The number of nitrogens with zero attached hydrogens (tertiary/aromatic N) is 2. The zero-order valence-electron chi connectivity index (χ0n) is 16.0. The monoisotopic (exact) mass is 396 g/mol. The van der Waals surface area contributed by atoms with E-state index in [0.29, 0.717) is 12.1 Å². The highest BCUT2D eigenvalue weighted by Crippen LogP contribution is 2.25. The molecule has 146 valence electrons. The van der Waals surface area contributed by atoms with E-state index in [9.17, 15) is 5.11 Å². The molecule has 3 rings (SSSR count). The lowest BCUT2D eigenvalue weighted by atomic mass is 10.0. The summed E-state index contributed by atoms with van der Waals surface area (Å²) in [5.41, 5.74) is 2.52. The van der Waals surface area contributed by atoms with Gasteiger partial charge < -0.3 is 9.84 Å². The number of rotatable bonds is 6. The Bertz CT molecular complexity index is 565. The van der Waals surface area contributed by atoms with Crippen LogP contribution in [0.3, 0.4) is 0 Å². The molecule has 0 radical (unpaired) electrons. The molecule has 1 N–H and O–H groups in total. The summed E-state index contributed by atoms with van der Waals surface area (Å²) in [6.45, 7) is 6.64. The van der Waals surface area contributed by atoms with E-state index >= 15 is 0 Å². The van der Waals surface area contributed by atoms with E-state index in [0.717, 1.165) is 38.3 Å². The summed E-state index contributed by atoms with van der Waals surface area (Å²) in [5.74, 6) is 6.05. The molecule has 2 saturated heterocycles. The average molecular weight is 397 g/mol. The van der Waals surface area contributed by atoms with Crippen LogP contribution in [0.4, 0.5) is 0 Å². The molecule has 4 nitrogen and oxygen atoms in total. The van der Waals surface area contributed by atoms with Gasteiger partial charge in [-0.3, -0.25) is 9.80 Å². The van der Waals surface area contributed by atoms with Gasteiger partial charge in [-0.05, 0) is 30.5 Å². The van der Waals surface area contributed by atoms with E-state index < -0.39 is 0 Å². The van der Waals surface area contributed by atoms with Crippen molar-refractivity contribution in [2.45, 2.75) is 32.0 Å². The molecule has 0 bridgehead atoms. The maximum absolute atomic E-state index is 9.59. The molecule has 2 aliphatic rings. The Morgan fingerprint density at radius 1 is 1.19 bits per heavy atom. The molecule has 1 aromatic rings. The molecule has 6 heteroatoms. The maximum atomic E-state index is 9.59. The van der Waals surface area contributed by atoms with Crippen LogP contribution in [-0.4, -0.2) is 83.4 Å². The molecule has 1 atom stereocenters. The van der Waals surface area contributed by atoms with Crippen molar-refractivity contribution in [1.82, 2.24) is 9.80 Å². The van der Waals surface area contributed by atoms with Crippen LogP contribution in [0, 0.1) is 6.92 Å². The number of methoxy groups -OCH3 is 1. The van der Waals surface area contributed by atoms with Gasteiger partial charge >= 0.3 is 0 Å². The third kappa shape index (κ3) is 5.32. The number of hydrogen-bond acceptors (Lipinski definition) is 6. The average Bonchev–Trinajstić information content (AvgIpc) is 2.93. The van der Waals surface area contributed by atoms with E-state index in [1.165, 1.54) is 34.1 Å². The first-order valence-electron chi connectivity index (χ1n) is 9.59. The van der Waals surface area contributed by atoms with Crippen LogP contribution in [0.1, 0.15) is 17.5 Å². The lowest BCUT2D eigenvalue weighted by Crippen LogP contribution is -2.56. The highest BCUT2D eigenvalue weighted by molar-refractivity contribution is 8.03. The van der Waals surface area contributed by atoms with Crippen LogP contribution < -0.4 is 4.74 Å². The van der Waals surface area contributed by atoms with Gasteiger partial charge in [-0.25, -0.2) is 0 Å². The smallest absolute Gasteiger partial charge is 0.121 e. The molecule has 0 amide bonds. The fourth-order valence-electron chi connectivity index (χ4n) is 3.97. The number of hydrogen-bond donors (Lipinski definition) is 1. The Balaban J connectivity index is 1.63. The van der Waals surface area contributed by atoms with Crippen molar-refractivity contribution in [3.05, 3.63) is 29.3 Å². The standard InChI is InChI=1S/C20H32N2O2S2/c1-16-11-17(3-4-20(16)24-2)12-21-6-7-22(13-18(21)5-8-23)19-14-25-9-10-26-15-19/h3-4,11,18-19,23H,5-10,12-15H2,1-2H3/t18-/m0/s1. The minimum atomic E-state index is 0.269. The third-order valence-electron chi connectivity index (χ3n) is 5.45. The van der Waals surface area contributed by atoms with Crippen LogP contribution in [0.25, 0.3) is 0 Å². The molecule has 0 aliphatic carbocycles. The number of aryl methyl sites for hydroxylation is 1. The first-order chi connectivity index (χ1) is 12.7. The fourth-order valence-corrected chi connectivity index (χ4v) is 6.60. The summed E-state index contributed by atoms with van der Waals surface area (Å²) in [6, 6.07) is 7.61. The quantitative estimate of drug-likeness (QED) is 0.797. The van der Waals surface area contributed by atoms with Crippen LogP contribution in [0.15, 0.2) is 18.2 Å². The molecule has 1 aromatic carbocycles. The topological polar surface area (TPSA) is 35.9 Å². The van der Waals surface area contributed by atoms with E-state index in [4.69, 9.17) is 4.74 Å². The van der Waals surface area contributed by atoms with Crippen molar-refractivity contribution in [2.75, 3.05) is 56.4 Å². The van der Waals surface area contributed by atoms with Crippen molar-refractivity contribution in [2.24, 2.45) is 0 Å². The van der Waals surface area contributed by atoms with Crippen molar-refractivity contribution in [3.8, 4) is 5.75 Å². The predicted molar refractivity (Wildman–Crippen MR) is 114 cm³/mol. The summed E-state index contributed by atoms with van der Waals surface area (Å²) in [5, 5.41) is 9.59. The number of thioether (sulfide) groups is 2. The van der Waals surface area contributed by atoms with Crippen LogP contribution in [0.2, 0.25) is 0 Å². The first kappa shape index (κ1) is 20.3. The Morgan fingerprint density at radius 3 is 2.62 bits per heavy atom. The molecule has 0 unspecified atom stereocenters. The van der Waals surface area contributed by atoms with Gasteiger partial charge in [0.1, 0.15) is 5.75 Å². The second kappa shape index (κ2) is 10.2. The Kier molecular flexibility index (Phi) is 8.00. The molecule has 26 heavy (non-hydrogen) atoms. The number of piperazine rings is 1. The van der Waals surface area contributed by atoms with E-state index in [-0.39, 0.29) is 6.61 Å². The molecule has 2 heterocycles. The van der Waals surface area contributed by atoms with Crippen molar-refractivity contribution < 1.29 is 9.84 Å². The van der Waals surface area contributed by atoms with Crippen LogP contribution in [-0.2, 0) is 6.54 Å². The summed E-state index contributed by atoms with van der Waals surface area (Å²) >= 11 is 4.21. The van der Waals surface area contributed by atoms with Crippen molar-refractivity contribution in [1.29, 1.82) is 0 Å². The predicted octanol–water partition coefficient (Wildman–Crippen LogP) is 2.72. The van der Waals surface area contributed by atoms with Gasteiger partial charge in [-0.2, -0.15) is 23.5 Å². The van der Waals surface area contributed by atoms with Gasteiger partial charge in [-0.1, -0.05) is 12.1 Å². The number of aliphatic hydroxyl groups excluding tert-OH is 1. The maximum Gasteiger partial charge on any atom is 0.121 e. The molecule has 0 spiro atoms. The Morgan fingerprint density at radius 2 is 1.96 bits per heavy atom. The zero-order valence-corrected chi connectivity index (χ0v) is 17.7. The molecular weight excluding hydrogens is 364 g/mol. The summed E-state index contributed by atoms with van der Waals surface area (Å²) in [7, 11) is 1.72. The van der Waals surface area contributed by atoms with Gasteiger partial charge in [0.15, 0.2) is 0 Å². The largest absolute Gasteiger partial charge is 0.496 e. The number of ether oxygens (including phenoxy) is 1. The van der Waals surface area contributed by atoms with Gasteiger partial charge in [0.25, 0.3) is 0 Å². The summed E-state index contributed by atoms with van der Waals surface area (Å²) in [4.78, 5) is 5.24. The molecular formula is C20H32N2O2S2. The normalized spacial score (nSPS) is 23.7. The number of aliphatic hydroxyl groups is 1. The highest BCUT2D eigenvalue weighted by atomic mass is 32.2. The first-order valence-corrected chi connectivity index (χ1v) is 11.9. The van der Waals surface area contributed by atoms with Gasteiger partial charge in [0, 0.05) is 67.9 Å². The lowest BCUT2D eigenvalue weighted by molar-refractivity contribution is 0.0407. The number of benzene rings is 1. The Hall–Kier alpha value is -0.400. The van der Waals surface area contributed by atoms with E-state index in [1.54, 1.807) is 7.11 Å². The van der Waals surface area contributed by atoms with Gasteiger partial charge in [0.05, 0.1) is 7.11 Å². The third-order valence-corrected chi connectivity index (χ3v) is 7.94. The minimum absolute atomic E-state index is 0.269. The molecule has 2 fully saturated rings. The van der Waals surface area contributed by atoms with Gasteiger partial charge in [-0.15, -0.1) is 0 Å². The molecule has 0 aromatic heterocycles.